The number of esters is 2. The molecule has 0 saturated heterocycles. The highest BCUT2D eigenvalue weighted by Crippen LogP contribution is 2.31. The fourth-order valence-electron chi connectivity index (χ4n) is 2.41. The number of carbonyl (C=O) groups is 2. The van der Waals surface area contributed by atoms with E-state index in [-0.39, 0.29) is 5.56 Å². The standard InChI is InChI=1S/C21H21NO7/c1-15(16-10-6-4-7-11-16)22-28-21(29-25,17-12-8-5-9-13-17)14-18(19(23)26-2)20(24)27-3/h4-14,25H,1-3H3/b22-15+. The van der Waals surface area contributed by atoms with Crippen molar-refractivity contribution in [1.29, 1.82) is 0 Å². The zero-order valence-corrected chi connectivity index (χ0v) is 16.2. The molecule has 1 N–H and O–H groups in total. The van der Waals surface area contributed by atoms with Gasteiger partial charge in [-0.25, -0.2) is 14.8 Å². The van der Waals surface area contributed by atoms with Gasteiger partial charge in [0.15, 0.2) is 0 Å². The van der Waals surface area contributed by atoms with Gasteiger partial charge in [-0.2, -0.15) is 4.89 Å². The van der Waals surface area contributed by atoms with Gasteiger partial charge in [0, 0.05) is 11.6 Å². The predicted molar refractivity (Wildman–Crippen MR) is 104 cm³/mol. The number of benzene rings is 2. The molecular weight excluding hydrogens is 378 g/mol. The first-order valence-electron chi connectivity index (χ1n) is 8.53. The van der Waals surface area contributed by atoms with Crippen LogP contribution < -0.4 is 0 Å². The lowest BCUT2D eigenvalue weighted by molar-refractivity contribution is -0.393. The van der Waals surface area contributed by atoms with Crippen LogP contribution in [0.1, 0.15) is 18.1 Å². The van der Waals surface area contributed by atoms with E-state index in [1.165, 1.54) is 0 Å². The van der Waals surface area contributed by atoms with Crippen molar-refractivity contribution >= 4 is 17.7 Å². The summed E-state index contributed by atoms with van der Waals surface area (Å²) in [4.78, 5) is 34.3. The van der Waals surface area contributed by atoms with Crippen LogP contribution in [0.15, 0.2) is 77.5 Å². The smallest absolute Gasteiger partial charge is 0.345 e. The van der Waals surface area contributed by atoms with E-state index in [1.807, 2.05) is 30.3 Å². The van der Waals surface area contributed by atoms with Crippen LogP contribution in [-0.2, 0) is 34.6 Å². The Kier molecular flexibility index (Phi) is 7.64. The largest absolute Gasteiger partial charge is 0.465 e. The summed E-state index contributed by atoms with van der Waals surface area (Å²) in [5.41, 5.74) is 0.949. The molecule has 0 aromatic heterocycles. The van der Waals surface area contributed by atoms with Crippen LogP contribution >= 0.6 is 0 Å². The van der Waals surface area contributed by atoms with Crippen molar-refractivity contribution in [2.24, 2.45) is 5.16 Å². The highest BCUT2D eigenvalue weighted by atomic mass is 17.2. The molecule has 0 aliphatic rings. The van der Waals surface area contributed by atoms with Gasteiger partial charge in [-0.15, -0.1) is 0 Å². The van der Waals surface area contributed by atoms with Gasteiger partial charge in [0.2, 0.25) is 0 Å². The molecule has 2 aromatic carbocycles. The van der Waals surface area contributed by atoms with E-state index in [0.717, 1.165) is 25.9 Å². The molecule has 0 aliphatic heterocycles. The summed E-state index contributed by atoms with van der Waals surface area (Å²) in [6.45, 7) is 1.69. The van der Waals surface area contributed by atoms with Gasteiger partial charge in [-0.3, -0.25) is 0 Å². The second-order valence-corrected chi connectivity index (χ2v) is 5.80. The van der Waals surface area contributed by atoms with Gasteiger partial charge >= 0.3 is 17.7 Å². The van der Waals surface area contributed by atoms with Gasteiger partial charge in [-0.05, 0) is 12.5 Å². The van der Waals surface area contributed by atoms with Crippen molar-refractivity contribution < 1.29 is 34.0 Å². The Morgan fingerprint density at radius 2 is 1.45 bits per heavy atom. The number of carbonyl (C=O) groups excluding carboxylic acids is 2. The normalized spacial score (nSPS) is 13.0. The number of hydrogen-bond acceptors (Lipinski definition) is 8. The molecular formula is C21H21NO7. The SMILES string of the molecule is COC(=O)C(=CC(OO)(O/N=C(\C)c1ccccc1)c1ccccc1)C(=O)OC. The first-order valence-corrected chi connectivity index (χ1v) is 8.53. The van der Waals surface area contributed by atoms with Gasteiger partial charge in [0.1, 0.15) is 5.57 Å². The molecule has 0 fully saturated rings. The lowest BCUT2D eigenvalue weighted by Gasteiger charge is -2.26. The zero-order valence-electron chi connectivity index (χ0n) is 16.2. The average molecular weight is 399 g/mol. The molecule has 0 spiro atoms. The summed E-state index contributed by atoms with van der Waals surface area (Å²) in [6.07, 6.45) is 0.946. The summed E-state index contributed by atoms with van der Waals surface area (Å²) >= 11 is 0. The van der Waals surface area contributed by atoms with Crippen molar-refractivity contribution in [3.05, 3.63) is 83.4 Å². The Balaban J connectivity index is 2.58. The fraction of sp³-hybridized carbons (Fsp3) is 0.190. The Morgan fingerprint density at radius 3 is 1.93 bits per heavy atom. The molecule has 0 radical (unpaired) electrons. The highest BCUT2D eigenvalue weighted by Gasteiger charge is 2.39. The molecule has 152 valence electrons. The fourth-order valence-corrected chi connectivity index (χ4v) is 2.41. The summed E-state index contributed by atoms with van der Waals surface area (Å²) in [5.74, 6) is -4.11. The third kappa shape index (κ3) is 5.28. The average Bonchev–Trinajstić information content (AvgIpc) is 2.79. The predicted octanol–water partition coefficient (Wildman–Crippen LogP) is 3.04. The van der Waals surface area contributed by atoms with Crippen molar-refractivity contribution in [3.63, 3.8) is 0 Å². The number of rotatable bonds is 8. The summed E-state index contributed by atoms with van der Waals surface area (Å²) in [5, 5.41) is 13.7. The second kappa shape index (κ2) is 10.2. The van der Waals surface area contributed by atoms with Crippen molar-refractivity contribution in [2.45, 2.75) is 12.7 Å². The maximum absolute atomic E-state index is 12.1. The lowest BCUT2D eigenvalue weighted by atomic mass is 10.0. The molecule has 0 amide bonds. The van der Waals surface area contributed by atoms with Crippen LogP contribution in [0, 0.1) is 0 Å². The van der Waals surface area contributed by atoms with Gasteiger partial charge < -0.3 is 14.3 Å². The van der Waals surface area contributed by atoms with Gasteiger partial charge in [0.25, 0.3) is 0 Å². The van der Waals surface area contributed by atoms with Crippen LogP contribution in [0.2, 0.25) is 0 Å². The number of methoxy groups -OCH3 is 2. The van der Waals surface area contributed by atoms with Crippen LogP contribution in [-0.4, -0.2) is 37.1 Å². The molecule has 8 heteroatoms. The summed E-state index contributed by atoms with van der Waals surface area (Å²) in [6, 6.07) is 17.3. The third-order valence-corrected chi connectivity index (χ3v) is 3.97. The van der Waals surface area contributed by atoms with E-state index in [2.05, 4.69) is 19.5 Å². The Morgan fingerprint density at radius 1 is 0.931 bits per heavy atom. The molecule has 2 aromatic rings. The number of ether oxygens (including phenoxy) is 2. The second-order valence-electron chi connectivity index (χ2n) is 5.80. The summed E-state index contributed by atoms with van der Waals surface area (Å²) < 4.78 is 9.24. The molecule has 29 heavy (non-hydrogen) atoms. The van der Waals surface area contributed by atoms with E-state index in [0.29, 0.717) is 5.71 Å². The van der Waals surface area contributed by atoms with Crippen LogP contribution in [0.5, 0.6) is 0 Å². The lowest BCUT2D eigenvalue weighted by Crippen LogP contribution is -2.31. The Hall–Kier alpha value is -3.49. The topological polar surface area (TPSA) is 104 Å². The zero-order chi connectivity index (χ0) is 21.3. The molecule has 8 nitrogen and oxygen atoms in total. The van der Waals surface area contributed by atoms with E-state index >= 15 is 0 Å². The van der Waals surface area contributed by atoms with Gasteiger partial charge in [0.05, 0.1) is 19.9 Å². The van der Waals surface area contributed by atoms with E-state index in [4.69, 9.17) is 4.84 Å². The molecule has 1 unspecified atom stereocenters. The molecule has 0 aliphatic carbocycles. The van der Waals surface area contributed by atoms with Crippen molar-refractivity contribution in [3.8, 4) is 0 Å². The minimum absolute atomic E-state index is 0.261. The van der Waals surface area contributed by atoms with Crippen LogP contribution in [0.3, 0.4) is 0 Å². The third-order valence-electron chi connectivity index (χ3n) is 3.97. The van der Waals surface area contributed by atoms with Crippen molar-refractivity contribution in [2.75, 3.05) is 14.2 Å². The quantitative estimate of drug-likeness (QED) is 0.106. The van der Waals surface area contributed by atoms with Crippen molar-refractivity contribution in [1.82, 2.24) is 0 Å². The van der Waals surface area contributed by atoms with E-state index < -0.39 is 23.3 Å². The van der Waals surface area contributed by atoms with E-state index in [9.17, 15) is 14.8 Å². The maximum atomic E-state index is 12.1. The number of nitrogens with zero attached hydrogens (tertiary/aromatic N) is 1. The molecule has 0 bridgehead atoms. The van der Waals surface area contributed by atoms with Gasteiger partial charge in [-0.1, -0.05) is 65.8 Å². The number of oxime groups is 1. The van der Waals surface area contributed by atoms with Crippen LogP contribution in [0.4, 0.5) is 0 Å². The number of hydrogen-bond donors (Lipinski definition) is 1. The minimum Gasteiger partial charge on any atom is -0.465 e. The molecule has 1 atom stereocenters. The van der Waals surface area contributed by atoms with Crippen LogP contribution in [0.25, 0.3) is 0 Å². The summed E-state index contributed by atoms with van der Waals surface area (Å²) in [7, 11) is 2.20. The first-order chi connectivity index (χ1) is 14.0. The first kappa shape index (κ1) is 21.8. The molecule has 0 saturated carbocycles. The monoisotopic (exact) mass is 399 g/mol. The minimum atomic E-state index is -2.12. The Bertz CT molecular complexity index is 876. The Labute approximate surface area is 167 Å². The molecule has 0 heterocycles. The molecule has 2 rings (SSSR count). The highest BCUT2D eigenvalue weighted by molar-refractivity contribution is 6.14. The van der Waals surface area contributed by atoms with E-state index in [1.54, 1.807) is 37.3 Å². The maximum Gasteiger partial charge on any atom is 0.345 e.